The number of hydrogen-bond acceptors (Lipinski definition) is 3. The predicted molar refractivity (Wildman–Crippen MR) is 567 cm³/mol. The van der Waals surface area contributed by atoms with Gasteiger partial charge in [0.25, 0.3) is 0 Å². The highest BCUT2D eigenvalue weighted by Gasteiger charge is 2.25. The summed E-state index contributed by atoms with van der Waals surface area (Å²) in [4.78, 5) is 2.35. The number of anilines is 3. The van der Waals surface area contributed by atoms with Gasteiger partial charge in [0.1, 0.15) is 0 Å². The molecule has 0 spiro atoms. The molecule has 8 aromatic heterocycles. The molecular weight excluding hydrogens is 1650 g/mol. The normalized spacial score (nSPS) is 11.8. The lowest BCUT2D eigenvalue weighted by atomic mass is 10.00. The fraction of sp³-hybridized carbons (Fsp3) is 0. The highest BCUT2D eigenvalue weighted by molar-refractivity contribution is 7.27. The van der Waals surface area contributed by atoms with Gasteiger partial charge in [-0.1, -0.05) is 309 Å². The van der Waals surface area contributed by atoms with Crippen LogP contribution in [0.5, 0.6) is 0 Å². The molecule has 28 rings (SSSR count). The number of hydrogen-bond donors (Lipinski definition) is 0. The smallest absolute Gasteiger partial charge is 0.0635 e. The van der Waals surface area contributed by atoms with Gasteiger partial charge >= 0.3 is 0 Å². The van der Waals surface area contributed by atoms with E-state index in [4.69, 9.17) is 0 Å². The minimum atomic E-state index is 1.11. The molecule has 7 nitrogen and oxygen atoms in total. The van der Waals surface area contributed by atoms with Crippen LogP contribution < -0.4 is 4.90 Å². The van der Waals surface area contributed by atoms with Crippen molar-refractivity contribution < 1.29 is 0 Å². The molecule has 9 heteroatoms. The molecule has 0 aliphatic carbocycles. The Bertz CT molecular complexity index is 9380. The van der Waals surface area contributed by atoms with E-state index in [0.29, 0.717) is 0 Å². The number of para-hydroxylation sites is 7. The van der Waals surface area contributed by atoms with Crippen LogP contribution in [0, 0.1) is 0 Å². The summed E-state index contributed by atoms with van der Waals surface area (Å²) in [6.45, 7) is 0. The second-order valence-corrected chi connectivity index (χ2v) is 36.3. The number of benzene rings is 20. The first kappa shape index (κ1) is 77.1. The molecule has 0 N–H and O–H groups in total. The first-order chi connectivity index (χ1) is 66.0. The quantitative estimate of drug-likeness (QED) is 0.120. The molecule has 0 radical (unpaired) electrons. The molecule has 28 aromatic rings. The van der Waals surface area contributed by atoms with E-state index in [1.807, 2.05) is 22.7 Å². The highest BCUT2D eigenvalue weighted by atomic mass is 32.1. The van der Waals surface area contributed by atoms with Gasteiger partial charge in [-0.15, -0.1) is 22.7 Å². The van der Waals surface area contributed by atoms with Gasteiger partial charge in [-0.2, -0.15) is 0 Å². The second kappa shape index (κ2) is 32.0. The summed E-state index contributed by atoms with van der Waals surface area (Å²) in [5.74, 6) is 0. The van der Waals surface area contributed by atoms with Gasteiger partial charge in [0.15, 0.2) is 0 Å². The van der Waals surface area contributed by atoms with Crippen molar-refractivity contribution in [1.82, 2.24) is 27.4 Å². The fourth-order valence-electron chi connectivity index (χ4n) is 20.8. The number of aromatic nitrogens is 6. The van der Waals surface area contributed by atoms with Gasteiger partial charge < -0.3 is 32.3 Å². The SMILES string of the molecule is c1ccc(-c2cccc3c2sc2c(-c4ccc(-n5c6ccccc6c6ccc7c(ccn7-c7ccccc7)c65)cc4)cccc23)cc1.c1ccc(-n2ccc3c2ccc2c4ccccc4n(-c4ccc(-c5cccc6c5sc5ccccc56)cc4)c23)cc1.c1ccc(N(c2cccc(-n3c4ccccc4c4ccc5c(ccn5-c5ccccc5)c43)c2)c2ccc3ccccc3c2)cc1. The molecule has 133 heavy (non-hydrogen) atoms. The minimum Gasteiger partial charge on any atom is -0.316 e. The van der Waals surface area contributed by atoms with Crippen LogP contribution in [-0.4, -0.2) is 27.4 Å². The zero-order valence-electron chi connectivity index (χ0n) is 72.2. The Morgan fingerprint density at radius 1 is 0.173 bits per heavy atom. The van der Waals surface area contributed by atoms with Gasteiger partial charge in [0, 0.05) is 159 Å². The molecular formula is C124H81N7S2. The number of fused-ring (bicyclic) bond motifs is 22. The summed E-state index contributed by atoms with van der Waals surface area (Å²) in [5, 5.41) is 19.1. The van der Waals surface area contributed by atoms with Crippen molar-refractivity contribution in [3.63, 3.8) is 0 Å². The Balaban J connectivity index is 0.000000105. The van der Waals surface area contributed by atoms with Crippen LogP contribution >= 0.6 is 22.7 Å². The fourth-order valence-corrected chi connectivity index (χ4v) is 23.4. The first-order valence-electron chi connectivity index (χ1n) is 45.3. The Labute approximate surface area is 774 Å². The number of rotatable bonds is 12. The van der Waals surface area contributed by atoms with Crippen LogP contribution in [0.4, 0.5) is 17.1 Å². The third-order valence-electron chi connectivity index (χ3n) is 26.8. The molecule has 0 amide bonds. The monoisotopic (exact) mass is 1730 g/mol. The molecule has 0 saturated carbocycles. The van der Waals surface area contributed by atoms with E-state index in [9.17, 15) is 0 Å². The van der Waals surface area contributed by atoms with Crippen molar-refractivity contribution in [2.45, 2.75) is 0 Å². The van der Waals surface area contributed by atoms with E-state index in [1.165, 1.54) is 200 Å². The third kappa shape index (κ3) is 12.9. The van der Waals surface area contributed by atoms with E-state index in [2.05, 4.69) is 524 Å². The van der Waals surface area contributed by atoms with Crippen LogP contribution in [0.1, 0.15) is 0 Å². The van der Waals surface area contributed by atoms with E-state index < -0.39 is 0 Å². The summed E-state index contributed by atoms with van der Waals surface area (Å²) in [6.07, 6.45) is 6.57. The van der Waals surface area contributed by atoms with Crippen molar-refractivity contribution in [3.05, 3.63) is 492 Å². The zero-order valence-corrected chi connectivity index (χ0v) is 73.8. The summed E-state index contributed by atoms with van der Waals surface area (Å²) in [5.41, 5.74) is 28.9. The van der Waals surface area contributed by atoms with Crippen molar-refractivity contribution >= 4 is 189 Å². The third-order valence-corrected chi connectivity index (χ3v) is 29.4. The van der Waals surface area contributed by atoms with Crippen molar-refractivity contribution in [2.75, 3.05) is 4.90 Å². The van der Waals surface area contributed by atoms with Crippen molar-refractivity contribution in [3.8, 4) is 67.5 Å². The average molecular weight is 1730 g/mol. The van der Waals surface area contributed by atoms with Crippen LogP contribution in [-0.2, 0) is 0 Å². The second-order valence-electron chi connectivity index (χ2n) is 34.2. The summed E-state index contributed by atoms with van der Waals surface area (Å²) in [7, 11) is 0. The molecule has 0 aliphatic rings. The van der Waals surface area contributed by atoms with Crippen molar-refractivity contribution in [1.29, 1.82) is 0 Å². The molecule has 0 bridgehead atoms. The van der Waals surface area contributed by atoms with Crippen LogP contribution in [0.25, 0.3) is 217 Å². The molecule has 0 fully saturated rings. The molecule has 0 atom stereocenters. The van der Waals surface area contributed by atoms with E-state index in [0.717, 1.165) is 34.1 Å². The molecule has 0 aliphatic heterocycles. The van der Waals surface area contributed by atoms with Crippen molar-refractivity contribution in [2.24, 2.45) is 0 Å². The molecule has 20 aromatic carbocycles. The maximum Gasteiger partial charge on any atom is 0.0635 e. The number of nitrogens with zero attached hydrogens (tertiary/aromatic N) is 7. The lowest BCUT2D eigenvalue weighted by molar-refractivity contribution is 1.13. The van der Waals surface area contributed by atoms with Crippen LogP contribution in [0.2, 0.25) is 0 Å². The largest absolute Gasteiger partial charge is 0.316 e. The average Bonchev–Trinajstić information content (AvgIpc) is 1.57. The summed E-state index contributed by atoms with van der Waals surface area (Å²) < 4.78 is 19.5. The zero-order chi connectivity index (χ0) is 87.6. The molecule has 624 valence electrons. The summed E-state index contributed by atoms with van der Waals surface area (Å²) in [6, 6.07) is 171. The Kier molecular flexibility index (Phi) is 18.5. The lowest BCUT2D eigenvalue weighted by Gasteiger charge is -2.26. The Morgan fingerprint density at radius 3 is 0.977 bits per heavy atom. The van der Waals surface area contributed by atoms with Crippen LogP contribution in [0.3, 0.4) is 0 Å². The van der Waals surface area contributed by atoms with Gasteiger partial charge in [0.05, 0.1) is 49.7 Å². The maximum atomic E-state index is 2.44. The standard InChI is InChI=1S/C44H28N2S.C42H29N3.C38H24N2S/c1-3-11-29(12-4-1)33-16-9-18-37-38-19-10-17-34(44(38)47-43(33)37)30-21-23-32(24-22-30)46-41-20-8-7-15-35(41)36-25-26-40-39(42(36)46)27-28-45(40)31-13-5-2-6-14-31;1-3-14-32(15-4-1)43-27-26-39-40(43)25-24-38-37-20-9-10-21-41(37)45(42(38)39)35-19-11-18-34(29-35)44(33-16-5-2-6-17-33)36-23-22-30-12-7-8-13-31(30)28-36;1-2-9-26(10-3-1)39-24-23-33-34(39)22-21-31-29-11-4-6-15-35(29)40(37(31)33)27-19-17-25(18-20-27)28-13-8-14-32-30-12-5-7-16-36(30)41-38(28)32/h1-28H;1-29H;1-24H. The van der Waals surface area contributed by atoms with E-state index >= 15 is 0 Å². The highest BCUT2D eigenvalue weighted by Crippen LogP contribution is 2.49. The first-order valence-corrected chi connectivity index (χ1v) is 47.0. The lowest BCUT2D eigenvalue weighted by Crippen LogP contribution is -2.10. The number of thiophene rings is 2. The van der Waals surface area contributed by atoms with Gasteiger partial charge in [-0.05, 0) is 208 Å². The topological polar surface area (TPSA) is 32.8 Å². The van der Waals surface area contributed by atoms with E-state index in [1.54, 1.807) is 0 Å². The van der Waals surface area contributed by atoms with Gasteiger partial charge in [-0.25, -0.2) is 0 Å². The maximum absolute atomic E-state index is 2.44. The molecule has 0 unspecified atom stereocenters. The molecule has 8 heterocycles. The van der Waals surface area contributed by atoms with Crippen LogP contribution in [0.15, 0.2) is 492 Å². The van der Waals surface area contributed by atoms with Gasteiger partial charge in [-0.3, -0.25) is 0 Å². The summed E-state index contributed by atoms with van der Waals surface area (Å²) >= 11 is 3.79. The Morgan fingerprint density at radius 2 is 0.511 bits per heavy atom. The van der Waals surface area contributed by atoms with E-state index in [-0.39, 0.29) is 0 Å². The predicted octanol–water partition coefficient (Wildman–Crippen LogP) is 34.5. The van der Waals surface area contributed by atoms with Gasteiger partial charge in [0.2, 0.25) is 0 Å². The minimum absolute atomic E-state index is 1.11. The molecule has 0 saturated heterocycles. The Hall–Kier alpha value is -17.1.